The minimum absolute atomic E-state index is 0.719. The zero-order valence-corrected chi connectivity index (χ0v) is 11.8. The van der Waals surface area contributed by atoms with Crippen LogP contribution >= 0.6 is 0 Å². The lowest BCUT2D eigenvalue weighted by Gasteiger charge is -2.42. The van der Waals surface area contributed by atoms with E-state index in [0.717, 1.165) is 23.9 Å². The van der Waals surface area contributed by atoms with Crippen LogP contribution in [0, 0.1) is 11.8 Å². The normalized spacial score (nSPS) is 32.2. The van der Waals surface area contributed by atoms with Gasteiger partial charge in [-0.3, -0.25) is 0 Å². The number of hydrogen-bond acceptors (Lipinski definition) is 2. The molecule has 0 aromatic heterocycles. The lowest BCUT2D eigenvalue weighted by molar-refractivity contribution is 0.0852. The van der Waals surface area contributed by atoms with Gasteiger partial charge in [-0.2, -0.15) is 0 Å². The lowest BCUT2D eigenvalue weighted by Crippen LogP contribution is -2.52. The predicted molar refractivity (Wildman–Crippen MR) is 71.7 cm³/mol. The number of hydrogen-bond donors (Lipinski definition) is 1. The number of likely N-dealkylation sites (tertiary alicyclic amines) is 1. The third-order valence-electron chi connectivity index (χ3n) is 4.30. The zero-order valence-electron chi connectivity index (χ0n) is 11.8. The number of nitrogens with one attached hydrogen (secondary N) is 1. The quantitative estimate of drug-likeness (QED) is 0.775. The summed E-state index contributed by atoms with van der Waals surface area (Å²) in [6.07, 6.45) is 4.04. The molecule has 1 heterocycles. The smallest absolute Gasteiger partial charge is 0.0117 e. The number of piperidine rings is 1. The Bertz CT molecular complexity index is 191. The first-order chi connectivity index (χ1) is 7.56. The van der Waals surface area contributed by atoms with Crippen molar-refractivity contribution in [3.05, 3.63) is 0 Å². The minimum Gasteiger partial charge on any atom is -0.317 e. The van der Waals surface area contributed by atoms with Crippen molar-refractivity contribution in [1.82, 2.24) is 10.2 Å². The summed E-state index contributed by atoms with van der Waals surface area (Å²) in [5.74, 6) is 1.63. The second-order valence-corrected chi connectivity index (χ2v) is 5.86. The highest BCUT2D eigenvalue weighted by molar-refractivity contribution is 4.87. The van der Waals surface area contributed by atoms with Gasteiger partial charge in [-0.15, -0.1) is 0 Å². The summed E-state index contributed by atoms with van der Waals surface area (Å²) in [5, 5.41) is 3.45. The van der Waals surface area contributed by atoms with Crippen LogP contribution in [0.15, 0.2) is 0 Å². The Morgan fingerprint density at radius 1 is 1.31 bits per heavy atom. The van der Waals surface area contributed by atoms with E-state index in [4.69, 9.17) is 0 Å². The first kappa shape index (κ1) is 14.0. The molecule has 2 heteroatoms. The lowest BCUT2D eigenvalue weighted by atomic mass is 9.87. The Balaban J connectivity index is 2.33. The molecule has 96 valence electrons. The van der Waals surface area contributed by atoms with Gasteiger partial charge in [0.15, 0.2) is 0 Å². The van der Waals surface area contributed by atoms with E-state index in [9.17, 15) is 0 Å². The van der Waals surface area contributed by atoms with E-state index < -0.39 is 0 Å². The fourth-order valence-electron chi connectivity index (χ4n) is 2.87. The van der Waals surface area contributed by atoms with Crippen molar-refractivity contribution in [3.63, 3.8) is 0 Å². The Hall–Kier alpha value is -0.0800. The van der Waals surface area contributed by atoms with Crippen LogP contribution in [0.5, 0.6) is 0 Å². The van der Waals surface area contributed by atoms with E-state index in [1.165, 1.54) is 32.4 Å². The maximum Gasteiger partial charge on any atom is 0.0117 e. The van der Waals surface area contributed by atoms with Crippen LogP contribution in [0.4, 0.5) is 0 Å². The third kappa shape index (κ3) is 3.74. The van der Waals surface area contributed by atoms with Crippen LogP contribution in [0.3, 0.4) is 0 Å². The summed E-state index contributed by atoms with van der Waals surface area (Å²) >= 11 is 0. The van der Waals surface area contributed by atoms with Gasteiger partial charge in [-0.05, 0) is 58.2 Å². The standard InChI is InChI=1S/C14H30N2/c1-11(2)7-6-9-16-10-8-14(15-5)12(3)13(16)4/h11-15H,6-10H2,1-5H3. The fraction of sp³-hybridized carbons (Fsp3) is 1.00. The van der Waals surface area contributed by atoms with E-state index in [1.54, 1.807) is 0 Å². The molecule has 2 nitrogen and oxygen atoms in total. The first-order valence-corrected chi connectivity index (χ1v) is 6.97. The molecule has 16 heavy (non-hydrogen) atoms. The Morgan fingerprint density at radius 3 is 2.56 bits per heavy atom. The van der Waals surface area contributed by atoms with E-state index in [0.29, 0.717) is 0 Å². The van der Waals surface area contributed by atoms with Gasteiger partial charge < -0.3 is 10.2 Å². The largest absolute Gasteiger partial charge is 0.317 e. The van der Waals surface area contributed by atoms with Crippen LogP contribution in [-0.2, 0) is 0 Å². The molecule has 0 spiro atoms. The maximum atomic E-state index is 3.45. The number of rotatable bonds is 5. The highest BCUT2D eigenvalue weighted by Crippen LogP contribution is 2.23. The Kier molecular flexibility index (Phi) is 5.77. The van der Waals surface area contributed by atoms with Crippen molar-refractivity contribution in [1.29, 1.82) is 0 Å². The van der Waals surface area contributed by atoms with Crippen LogP contribution in [0.2, 0.25) is 0 Å². The second-order valence-electron chi connectivity index (χ2n) is 5.86. The van der Waals surface area contributed by atoms with Gasteiger partial charge in [0.05, 0.1) is 0 Å². The molecule has 0 radical (unpaired) electrons. The average Bonchev–Trinajstić information content (AvgIpc) is 2.24. The average molecular weight is 226 g/mol. The second kappa shape index (κ2) is 6.61. The van der Waals surface area contributed by atoms with Crippen LogP contribution in [-0.4, -0.2) is 37.1 Å². The fourth-order valence-corrected chi connectivity index (χ4v) is 2.87. The van der Waals surface area contributed by atoms with Gasteiger partial charge in [0, 0.05) is 12.1 Å². The molecular formula is C14H30N2. The molecule has 1 fully saturated rings. The molecule has 0 aromatic carbocycles. The van der Waals surface area contributed by atoms with E-state index in [2.05, 4.69) is 45.0 Å². The first-order valence-electron chi connectivity index (χ1n) is 6.97. The molecule has 3 atom stereocenters. The van der Waals surface area contributed by atoms with Gasteiger partial charge in [0.2, 0.25) is 0 Å². The van der Waals surface area contributed by atoms with E-state index in [-0.39, 0.29) is 0 Å². The Labute approximate surface area is 102 Å². The predicted octanol–water partition coefficient (Wildman–Crippen LogP) is 2.74. The molecule has 0 aromatic rings. The summed E-state index contributed by atoms with van der Waals surface area (Å²) < 4.78 is 0. The molecule has 1 N–H and O–H groups in total. The van der Waals surface area contributed by atoms with Gasteiger partial charge in [-0.25, -0.2) is 0 Å². The van der Waals surface area contributed by atoms with Crippen LogP contribution in [0.1, 0.15) is 47.0 Å². The highest BCUT2D eigenvalue weighted by Gasteiger charge is 2.30. The van der Waals surface area contributed by atoms with Gasteiger partial charge >= 0.3 is 0 Å². The van der Waals surface area contributed by atoms with Crippen molar-refractivity contribution in [2.75, 3.05) is 20.1 Å². The van der Waals surface area contributed by atoms with Gasteiger partial charge in [0.1, 0.15) is 0 Å². The van der Waals surface area contributed by atoms with Gasteiger partial charge in [-0.1, -0.05) is 20.8 Å². The maximum absolute atomic E-state index is 3.45. The monoisotopic (exact) mass is 226 g/mol. The SMILES string of the molecule is CNC1CCN(CCCC(C)C)C(C)C1C. The summed E-state index contributed by atoms with van der Waals surface area (Å²) in [6, 6.07) is 1.45. The molecule has 0 aliphatic carbocycles. The van der Waals surface area contributed by atoms with Crippen molar-refractivity contribution in [2.24, 2.45) is 11.8 Å². The molecule has 1 aliphatic rings. The van der Waals surface area contributed by atoms with E-state index in [1.807, 2.05) is 0 Å². The van der Waals surface area contributed by atoms with Gasteiger partial charge in [0.25, 0.3) is 0 Å². The third-order valence-corrected chi connectivity index (χ3v) is 4.30. The highest BCUT2D eigenvalue weighted by atomic mass is 15.2. The zero-order chi connectivity index (χ0) is 12.1. The summed E-state index contributed by atoms with van der Waals surface area (Å²) in [4.78, 5) is 2.68. The molecule has 1 aliphatic heterocycles. The van der Waals surface area contributed by atoms with Crippen LogP contribution in [0.25, 0.3) is 0 Å². The molecule has 0 amide bonds. The van der Waals surface area contributed by atoms with E-state index >= 15 is 0 Å². The van der Waals surface area contributed by atoms with Crippen molar-refractivity contribution in [3.8, 4) is 0 Å². The summed E-state index contributed by atoms with van der Waals surface area (Å²) in [6.45, 7) is 12.0. The minimum atomic E-state index is 0.719. The van der Waals surface area contributed by atoms with Crippen molar-refractivity contribution in [2.45, 2.75) is 59.0 Å². The van der Waals surface area contributed by atoms with Crippen molar-refractivity contribution >= 4 is 0 Å². The molecule has 0 saturated carbocycles. The molecule has 1 saturated heterocycles. The van der Waals surface area contributed by atoms with Crippen LogP contribution < -0.4 is 5.32 Å². The summed E-state index contributed by atoms with van der Waals surface area (Å²) in [7, 11) is 2.10. The molecule has 3 unspecified atom stereocenters. The number of nitrogens with zero attached hydrogens (tertiary/aromatic N) is 1. The summed E-state index contributed by atoms with van der Waals surface area (Å²) in [5.41, 5.74) is 0. The molecular weight excluding hydrogens is 196 g/mol. The Morgan fingerprint density at radius 2 is 2.00 bits per heavy atom. The topological polar surface area (TPSA) is 15.3 Å². The molecule has 0 bridgehead atoms. The molecule has 1 rings (SSSR count). The van der Waals surface area contributed by atoms with Crippen molar-refractivity contribution < 1.29 is 0 Å².